The Balaban J connectivity index is 1.85. The van der Waals surface area contributed by atoms with Crippen molar-refractivity contribution in [2.45, 2.75) is 19.0 Å². The van der Waals surface area contributed by atoms with Gasteiger partial charge in [0.1, 0.15) is 0 Å². The largest absolute Gasteiger partial charge is 0.349 e. The number of amides is 2. The minimum Gasteiger partial charge on any atom is -0.349 e. The molecule has 7 nitrogen and oxygen atoms in total. The Kier molecular flexibility index (Phi) is 4.52. The first kappa shape index (κ1) is 16.7. The van der Waals surface area contributed by atoms with Crippen LogP contribution in [0.25, 0.3) is 0 Å². The van der Waals surface area contributed by atoms with E-state index in [1.165, 1.54) is 0 Å². The number of carbonyl (C=O) groups excluding carboxylic acids is 2. The normalized spacial score (nSPS) is 16.0. The number of hydrogen-bond donors (Lipinski definition) is 0. The summed E-state index contributed by atoms with van der Waals surface area (Å²) >= 11 is 0. The molecule has 0 saturated heterocycles. The zero-order valence-electron chi connectivity index (χ0n) is 14.2. The molecule has 2 heterocycles. The second-order valence-corrected chi connectivity index (χ2v) is 6.29. The summed E-state index contributed by atoms with van der Waals surface area (Å²) in [5.41, 5.74) is 1.82. The van der Waals surface area contributed by atoms with Crippen LogP contribution in [0, 0.1) is 11.3 Å². The topological polar surface area (TPSA) is 82.2 Å². The van der Waals surface area contributed by atoms with Crippen molar-refractivity contribution in [1.29, 1.82) is 5.26 Å². The molecular weight excluding hydrogens is 318 g/mol. The third-order valence-corrected chi connectivity index (χ3v) is 4.32. The monoisotopic (exact) mass is 337 g/mol. The van der Waals surface area contributed by atoms with Gasteiger partial charge >= 0.3 is 0 Å². The van der Waals surface area contributed by atoms with Crippen LogP contribution < -0.4 is 0 Å². The van der Waals surface area contributed by atoms with Crippen LogP contribution in [-0.4, -0.2) is 52.0 Å². The second kappa shape index (κ2) is 6.77. The van der Waals surface area contributed by atoms with Crippen molar-refractivity contribution in [3.05, 3.63) is 53.3 Å². The molecule has 0 aliphatic carbocycles. The Labute approximate surface area is 146 Å². The summed E-state index contributed by atoms with van der Waals surface area (Å²) in [5.74, 6) is -0.154. The zero-order valence-corrected chi connectivity index (χ0v) is 14.2. The number of aromatic nitrogens is 2. The van der Waals surface area contributed by atoms with Gasteiger partial charge in [0.2, 0.25) is 5.91 Å². The number of nitriles is 1. The SMILES string of the molecule is CN(C)C(=O)C[C@@H]1CN(C(=O)c2cccc(C#N)c2)Cc2ccnn21. The molecular formula is C18H19N5O2. The van der Waals surface area contributed by atoms with Gasteiger partial charge in [-0.25, -0.2) is 0 Å². The Morgan fingerprint density at radius 3 is 2.88 bits per heavy atom. The Bertz CT molecular complexity index is 849. The predicted molar refractivity (Wildman–Crippen MR) is 90.5 cm³/mol. The van der Waals surface area contributed by atoms with Crippen molar-refractivity contribution in [3.63, 3.8) is 0 Å². The molecule has 1 aliphatic heterocycles. The third-order valence-electron chi connectivity index (χ3n) is 4.32. The van der Waals surface area contributed by atoms with Gasteiger partial charge in [0.05, 0.1) is 36.3 Å². The third kappa shape index (κ3) is 3.38. The standard InChI is InChI=1S/C18H19N5O2/c1-21(2)17(24)9-16-12-22(11-15-6-7-20-23(15)16)18(25)14-5-3-4-13(8-14)10-19/h3-8,16H,9,11-12H2,1-2H3/t16-/m1/s1. The Hall–Kier alpha value is -3.14. The first-order chi connectivity index (χ1) is 12.0. The fraction of sp³-hybridized carbons (Fsp3) is 0.333. The summed E-state index contributed by atoms with van der Waals surface area (Å²) < 4.78 is 1.83. The quantitative estimate of drug-likeness (QED) is 0.848. The van der Waals surface area contributed by atoms with Crippen molar-refractivity contribution in [3.8, 4) is 6.07 Å². The van der Waals surface area contributed by atoms with E-state index in [1.54, 1.807) is 54.4 Å². The number of fused-ring (bicyclic) bond motifs is 1. The number of nitrogens with zero attached hydrogens (tertiary/aromatic N) is 5. The van der Waals surface area contributed by atoms with Gasteiger partial charge in [0.15, 0.2) is 0 Å². The molecule has 1 atom stereocenters. The molecule has 0 fully saturated rings. The minimum absolute atomic E-state index is 0.00720. The second-order valence-electron chi connectivity index (χ2n) is 6.29. The lowest BCUT2D eigenvalue weighted by Gasteiger charge is -2.34. The summed E-state index contributed by atoms with van der Waals surface area (Å²) in [7, 11) is 3.43. The molecule has 1 aromatic heterocycles. The molecule has 0 radical (unpaired) electrons. The van der Waals surface area contributed by atoms with Gasteiger partial charge in [-0.15, -0.1) is 0 Å². The van der Waals surface area contributed by atoms with E-state index in [2.05, 4.69) is 5.10 Å². The average Bonchev–Trinajstić information content (AvgIpc) is 3.09. The van der Waals surface area contributed by atoms with Crippen LogP contribution >= 0.6 is 0 Å². The molecule has 0 saturated carbocycles. The van der Waals surface area contributed by atoms with E-state index in [9.17, 15) is 9.59 Å². The van der Waals surface area contributed by atoms with Crippen molar-refractivity contribution >= 4 is 11.8 Å². The number of rotatable bonds is 3. The van der Waals surface area contributed by atoms with Gasteiger partial charge in [-0.1, -0.05) is 6.07 Å². The van der Waals surface area contributed by atoms with Crippen LogP contribution in [0.1, 0.15) is 34.1 Å². The lowest BCUT2D eigenvalue weighted by atomic mass is 10.1. The number of carbonyl (C=O) groups is 2. The van der Waals surface area contributed by atoms with Crippen molar-refractivity contribution in [2.75, 3.05) is 20.6 Å². The Morgan fingerprint density at radius 1 is 1.36 bits per heavy atom. The van der Waals surface area contributed by atoms with E-state index in [-0.39, 0.29) is 24.3 Å². The molecule has 7 heteroatoms. The summed E-state index contributed by atoms with van der Waals surface area (Å²) in [4.78, 5) is 28.2. The first-order valence-electron chi connectivity index (χ1n) is 8.01. The summed E-state index contributed by atoms with van der Waals surface area (Å²) in [5, 5.41) is 13.3. The molecule has 1 aromatic carbocycles. The highest BCUT2D eigenvalue weighted by Gasteiger charge is 2.30. The smallest absolute Gasteiger partial charge is 0.254 e. The molecule has 0 unspecified atom stereocenters. The summed E-state index contributed by atoms with van der Waals surface area (Å²) in [6, 6.07) is 10.4. The van der Waals surface area contributed by atoms with Crippen LogP contribution in [0.3, 0.4) is 0 Å². The van der Waals surface area contributed by atoms with E-state index in [0.717, 1.165) is 5.69 Å². The molecule has 2 aromatic rings. The Morgan fingerprint density at radius 2 is 2.16 bits per heavy atom. The molecule has 0 spiro atoms. The zero-order chi connectivity index (χ0) is 18.0. The molecule has 25 heavy (non-hydrogen) atoms. The van der Waals surface area contributed by atoms with Crippen molar-refractivity contribution in [2.24, 2.45) is 0 Å². The van der Waals surface area contributed by atoms with Crippen molar-refractivity contribution in [1.82, 2.24) is 19.6 Å². The maximum atomic E-state index is 12.9. The van der Waals surface area contributed by atoms with E-state index >= 15 is 0 Å². The lowest BCUT2D eigenvalue weighted by molar-refractivity contribution is -0.129. The van der Waals surface area contributed by atoms with Gasteiger partial charge < -0.3 is 9.80 Å². The molecule has 1 aliphatic rings. The van der Waals surface area contributed by atoms with E-state index in [4.69, 9.17) is 5.26 Å². The molecule has 2 amide bonds. The van der Waals surface area contributed by atoms with E-state index in [1.807, 2.05) is 16.8 Å². The maximum absolute atomic E-state index is 12.9. The highest BCUT2D eigenvalue weighted by atomic mass is 16.2. The summed E-state index contributed by atoms with van der Waals surface area (Å²) in [6.45, 7) is 0.839. The fourth-order valence-electron chi connectivity index (χ4n) is 2.98. The van der Waals surface area contributed by atoms with Crippen molar-refractivity contribution < 1.29 is 9.59 Å². The molecule has 3 rings (SSSR count). The number of benzene rings is 1. The lowest BCUT2D eigenvalue weighted by Crippen LogP contribution is -2.42. The number of hydrogen-bond acceptors (Lipinski definition) is 4. The highest BCUT2D eigenvalue weighted by molar-refractivity contribution is 5.94. The van der Waals surface area contributed by atoms with E-state index < -0.39 is 0 Å². The van der Waals surface area contributed by atoms with Gasteiger partial charge in [0, 0.05) is 32.4 Å². The highest BCUT2D eigenvalue weighted by Crippen LogP contribution is 2.25. The van der Waals surface area contributed by atoms with Gasteiger partial charge in [-0.2, -0.15) is 10.4 Å². The molecule has 128 valence electrons. The van der Waals surface area contributed by atoms with Crippen LogP contribution in [0.5, 0.6) is 0 Å². The van der Waals surface area contributed by atoms with Gasteiger partial charge in [0.25, 0.3) is 5.91 Å². The van der Waals surface area contributed by atoms with Crippen LogP contribution in [0.4, 0.5) is 0 Å². The molecule has 0 N–H and O–H groups in total. The maximum Gasteiger partial charge on any atom is 0.254 e. The average molecular weight is 337 g/mol. The van der Waals surface area contributed by atoms with Gasteiger partial charge in [-0.05, 0) is 24.3 Å². The molecule has 0 bridgehead atoms. The van der Waals surface area contributed by atoms with Gasteiger partial charge in [-0.3, -0.25) is 14.3 Å². The van der Waals surface area contributed by atoms with Crippen LogP contribution in [0.15, 0.2) is 36.5 Å². The predicted octanol–water partition coefficient (Wildman–Crippen LogP) is 1.43. The van der Waals surface area contributed by atoms with Crippen LogP contribution in [-0.2, 0) is 11.3 Å². The minimum atomic E-state index is -0.197. The van der Waals surface area contributed by atoms with Crippen LogP contribution in [0.2, 0.25) is 0 Å². The first-order valence-corrected chi connectivity index (χ1v) is 8.01. The summed E-state index contributed by atoms with van der Waals surface area (Å²) in [6.07, 6.45) is 1.97. The fourth-order valence-corrected chi connectivity index (χ4v) is 2.98. The van der Waals surface area contributed by atoms with E-state index in [0.29, 0.717) is 24.2 Å².